The minimum absolute atomic E-state index is 0.0756. The van der Waals surface area contributed by atoms with Crippen LogP contribution in [0.3, 0.4) is 0 Å². The van der Waals surface area contributed by atoms with Gasteiger partial charge in [0.1, 0.15) is 18.2 Å². The first kappa shape index (κ1) is 24.0. The highest BCUT2D eigenvalue weighted by molar-refractivity contribution is 7.17. The van der Waals surface area contributed by atoms with E-state index in [0.29, 0.717) is 36.2 Å². The maximum absolute atomic E-state index is 13.7. The molecule has 1 fully saturated rings. The Morgan fingerprint density at radius 1 is 1.08 bits per heavy atom. The van der Waals surface area contributed by atoms with Crippen molar-refractivity contribution in [2.24, 2.45) is 0 Å². The van der Waals surface area contributed by atoms with Crippen molar-refractivity contribution in [2.75, 3.05) is 18.8 Å². The Morgan fingerprint density at radius 3 is 2.69 bits per heavy atom. The zero-order valence-electron chi connectivity index (χ0n) is 19.4. The van der Waals surface area contributed by atoms with Crippen LogP contribution in [0.5, 0.6) is 0 Å². The van der Waals surface area contributed by atoms with Crippen molar-refractivity contribution in [3.8, 4) is 0 Å². The van der Waals surface area contributed by atoms with Crippen molar-refractivity contribution in [3.05, 3.63) is 93.4 Å². The number of piperazine rings is 1. The van der Waals surface area contributed by atoms with Gasteiger partial charge in [0.2, 0.25) is 11.8 Å². The van der Waals surface area contributed by atoms with Gasteiger partial charge in [-0.05, 0) is 41.5 Å². The highest BCUT2D eigenvalue weighted by Crippen LogP contribution is 2.24. The fourth-order valence-electron chi connectivity index (χ4n) is 4.40. The lowest BCUT2D eigenvalue weighted by Crippen LogP contribution is -2.58. The summed E-state index contributed by atoms with van der Waals surface area (Å²) in [5.74, 6) is 0.162. The Kier molecular flexibility index (Phi) is 6.97. The van der Waals surface area contributed by atoms with Crippen molar-refractivity contribution < 1.29 is 9.59 Å². The first-order valence-electron chi connectivity index (χ1n) is 11.5. The molecule has 3 heterocycles. The maximum atomic E-state index is 13.7. The van der Waals surface area contributed by atoms with Crippen LogP contribution in [0.1, 0.15) is 16.0 Å². The molecular formula is C27H24ClN5O2S. The summed E-state index contributed by atoms with van der Waals surface area (Å²) in [5, 5.41) is 0.781. The zero-order valence-corrected chi connectivity index (χ0v) is 21.0. The van der Waals surface area contributed by atoms with Gasteiger partial charge in [0.05, 0.1) is 9.85 Å². The van der Waals surface area contributed by atoms with Crippen LogP contribution < -0.4 is 5.73 Å². The van der Waals surface area contributed by atoms with E-state index in [2.05, 4.69) is 9.97 Å². The molecule has 0 aliphatic carbocycles. The van der Waals surface area contributed by atoms with Gasteiger partial charge < -0.3 is 15.5 Å². The minimum atomic E-state index is -0.594. The summed E-state index contributed by atoms with van der Waals surface area (Å²) in [6.07, 6.45) is 5.15. The van der Waals surface area contributed by atoms with Crippen molar-refractivity contribution >= 4 is 57.5 Å². The van der Waals surface area contributed by atoms with Crippen molar-refractivity contribution in [1.29, 1.82) is 0 Å². The second kappa shape index (κ2) is 10.5. The van der Waals surface area contributed by atoms with E-state index >= 15 is 0 Å². The normalized spacial score (nSPS) is 16.2. The third-order valence-corrected chi connectivity index (χ3v) is 7.42. The predicted octanol–water partition coefficient (Wildman–Crippen LogP) is 4.42. The van der Waals surface area contributed by atoms with Gasteiger partial charge in [-0.15, -0.1) is 11.3 Å². The van der Waals surface area contributed by atoms with Gasteiger partial charge >= 0.3 is 0 Å². The second-order valence-corrected chi connectivity index (χ2v) is 10.3. The standard InChI is InChI=1S/C27H24ClN5O2S/c28-24-10-7-20(36-24)8-11-25(34)33-13-12-32(27(35)23(33)15-18-4-2-1-3-5-18)16-19-6-9-21-22(14-19)30-17-31-26(21)29/h1-11,14,17,23H,12-13,15-16H2,(H2,29,30,31)/b11-8+. The van der Waals surface area contributed by atoms with E-state index in [0.717, 1.165) is 26.9 Å². The molecule has 0 saturated carbocycles. The quantitative estimate of drug-likeness (QED) is 0.382. The molecule has 182 valence electrons. The number of carbonyl (C=O) groups excluding carboxylic acids is 2. The molecule has 0 radical (unpaired) electrons. The van der Waals surface area contributed by atoms with Crippen LogP contribution in [-0.4, -0.2) is 50.7 Å². The SMILES string of the molecule is Nc1ncnc2cc(CN3CCN(C(=O)/C=C/c4ccc(Cl)s4)C(Cc4ccccc4)C3=O)ccc12. The molecule has 0 bridgehead atoms. The van der Waals surface area contributed by atoms with Crippen LogP contribution in [0.4, 0.5) is 5.82 Å². The lowest BCUT2D eigenvalue weighted by Gasteiger charge is -2.40. The molecule has 36 heavy (non-hydrogen) atoms. The third kappa shape index (κ3) is 5.24. The Morgan fingerprint density at radius 2 is 1.92 bits per heavy atom. The van der Waals surface area contributed by atoms with Crippen LogP contribution in [0, 0.1) is 0 Å². The van der Waals surface area contributed by atoms with Crippen molar-refractivity contribution in [2.45, 2.75) is 19.0 Å². The molecule has 1 aliphatic rings. The number of benzene rings is 2. The van der Waals surface area contributed by atoms with E-state index in [1.165, 1.54) is 23.7 Å². The van der Waals surface area contributed by atoms with Crippen LogP contribution in [-0.2, 0) is 22.6 Å². The molecule has 2 amide bonds. The number of hydrogen-bond donors (Lipinski definition) is 1. The van der Waals surface area contributed by atoms with E-state index in [9.17, 15) is 9.59 Å². The number of amides is 2. The van der Waals surface area contributed by atoms with Crippen molar-refractivity contribution in [1.82, 2.24) is 19.8 Å². The van der Waals surface area contributed by atoms with Crippen molar-refractivity contribution in [3.63, 3.8) is 0 Å². The predicted molar refractivity (Wildman–Crippen MR) is 143 cm³/mol. The summed E-state index contributed by atoms with van der Waals surface area (Å²) in [5.41, 5.74) is 8.63. The average Bonchev–Trinajstić information content (AvgIpc) is 3.31. The lowest BCUT2D eigenvalue weighted by molar-refractivity contribution is -0.149. The molecule has 7 nitrogen and oxygen atoms in total. The van der Waals surface area contributed by atoms with Gasteiger partial charge in [-0.25, -0.2) is 9.97 Å². The molecule has 1 saturated heterocycles. The highest BCUT2D eigenvalue weighted by atomic mass is 35.5. The van der Waals surface area contributed by atoms with E-state index in [4.69, 9.17) is 17.3 Å². The summed E-state index contributed by atoms with van der Waals surface area (Å²) < 4.78 is 0.663. The van der Waals surface area contributed by atoms with Crippen LogP contribution >= 0.6 is 22.9 Å². The number of thiophene rings is 1. The van der Waals surface area contributed by atoms with Crippen LogP contribution in [0.15, 0.2) is 73.1 Å². The van der Waals surface area contributed by atoms with E-state index in [-0.39, 0.29) is 11.8 Å². The average molecular weight is 518 g/mol. The minimum Gasteiger partial charge on any atom is -0.383 e. The maximum Gasteiger partial charge on any atom is 0.247 e. The fourth-order valence-corrected chi connectivity index (χ4v) is 5.37. The molecule has 0 spiro atoms. The van der Waals surface area contributed by atoms with E-state index in [1.54, 1.807) is 17.0 Å². The van der Waals surface area contributed by atoms with Crippen LogP contribution in [0.2, 0.25) is 4.34 Å². The first-order valence-corrected chi connectivity index (χ1v) is 12.7. The number of carbonyl (C=O) groups is 2. The molecule has 4 aromatic rings. The van der Waals surface area contributed by atoms with E-state index in [1.807, 2.05) is 59.5 Å². The second-order valence-electron chi connectivity index (χ2n) is 8.58. The number of fused-ring (bicyclic) bond motifs is 1. The number of nitrogens with zero attached hydrogens (tertiary/aromatic N) is 4. The number of aromatic nitrogens is 2. The topological polar surface area (TPSA) is 92.4 Å². The Labute approximate surface area is 217 Å². The smallest absolute Gasteiger partial charge is 0.247 e. The molecule has 2 aromatic heterocycles. The monoisotopic (exact) mass is 517 g/mol. The number of halogens is 1. The van der Waals surface area contributed by atoms with Gasteiger partial charge in [0.15, 0.2) is 0 Å². The number of rotatable bonds is 6. The lowest BCUT2D eigenvalue weighted by atomic mass is 10.00. The highest BCUT2D eigenvalue weighted by Gasteiger charge is 2.36. The zero-order chi connectivity index (χ0) is 25.1. The molecule has 9 heteroatoms. The summed E-state index contributed by atoms with van der Waals surface area (Å²) in [4.78, 5) is 39.6. The number of anilines is 1. The molecule has 2 N–H and O–H groups in total. The molecule has 1 aliphatic heterocycles. The van der Waals surface area contributed by atoms with Gasteiger partial charge in [-0.3, -0.25) is 9.59 Å². The molecular weight excluding hydrogens is 494 g/mol. The molecule has 5 rings (SSSR count). The van der Waals surface area contributed by atoms with Gasteiger partial charge in [-0.2, -0.15) is 0 Å². The Hall–Kier alpha value is -3.75. The Bertz CT molecular complexity index is 1440. The molecule has 2 aromatic carbocycles. The Balaban J connectivity index is 1.37. The van der Waals surface area contributed by atoms with Crippen LogP contribution in [0.25, 0.3) is 17.0 Å². The third-order valence-electron chi connectivity index (χ3n) is 6.23. The number of hydrogen-bond acceptors (Lipinski definition) is 6. The molecule has 1 atom stereocenters. The molecule has 1 unspecified atom stereocenters. The summed E-state index contributed by atoms with van der Waals surface area (Å²) in [6, 6.07) is 18.6. The number of nitrogens with two attached hydrogens (primary N) is 1. The summed E-state index contributed by atoms with van der Waals surface area (Å²) >= 11 is 7.40. The van der Waals surface area contributed by atoms with Gasteiger partial charge in [0, 0.05) is 42.4 Å². The fraction of sp³-hybridized carbons (Fsp3) is 0.185. The van der Waals surface area contributed by atoms with E-state index < -0.39 is 6.04 Å². The van der Waals surface area contributed by atoms with Gasteiger partial charge in [-0.1, -0.05) is 48.0 Å². The summed E-state index contributed by atoms with van der Waals surface area (Å²) in [6.45, 7) is 1.31. The first-order chi connectivity index (χ1) is 17.5. The largest absolute Gasteiger partial charge is 0.383 e. The number of nitrogen functional groups attached to an aromatic ring is 1. The summed E-state index contributed by atoms with van der Waals surface area (Å²) in [7, 11) is 0. The van der Waals surface area contributed by atoms with Gasteiger partial charge in [0.25, 0.3) is 0 Å².